The van der Waals surface area contributed by atoms with Crippen LogP contribution in [-0.2, 0) is 6.42 Å². The Morgan fingerprint density at radius 1 is 0.920 bits per heavy atom. The molecule has 0 radical (unpaired) electrons. The third-order valence-corrected chi connectivity index (χ3v) is 4.90. The van der Waals surface area contributed by atoms with Crippen molar-refractivity contribution in [2.24, 2.45) is 0 Å². The lowest BCUT2D eigenvalue weighted by molar-refractivity contribution is 0.415. The summed E-state index contributed by atoms with van der Waals surface area (Å²) in [6.45, 7) is 4.37. The number of aryl methyl sites for hydroxylation is 2. The van der Waals surface area contributed by atoms with Crippen LogP contribution in [-0.4, -0.2) is 12.1 Å². The first-order chi connectivity index (χ1) is 12.2. The highest BCUT2D eigenvalue weighted by molar-refractivity contribution is 6.15. The minimum absolute atomic E-state index is 0.891. The first kappa shape index (κ1) is 15.8. The van der Waals surface area contributed by atoms with Crippen LogP contribution in [0.1, 0.15) is 24.5 Å². The van der Waals surface area contributed by atoms with Gasteiger partial charge in [0.05, 0.1) is 7.11 Å². The number of aromatic nitrogens is 1. The molecular weight excluding hydrogens is 306 g/mol. The van der Waals surface area contributed by atoms with Crippen LogP contribution in [0.4, 0.5) is 0 Å². The van der Waals surface area contributed by atoms with Crippen molar-refractivity contribution < 1.29 is 4.74 Å². The summed E-state index contributed by atoms with van der Waals surface area (Å²) in [7, 11) is 1.71. The molecule has 0 aliphatic heterocycles. The third-order valence-electron chi connectivity index (χ3n) is 4.90. The Morgan fingerprint density at radius 3 is 2.44 bits per heavy atom. The number of methoxy groups -OCH3 is 1. The van der Waals surface area contributed by atoms with Gasteiger partial charge in [0.2, 0.25) is 0 Å². The van der Waals surface area contributed by atoms with Crippen molar-refractivity contribution in [1.82, 2.24) is 4.98 Å². The molecule has 1 aromatic heterocycles. The Labute approximate surface area is 148 Å². The van der Waals surface area contributed by atoms with Gasteiger partial charge in [-0.2, -0.15) is 0 Å². The summed E-state index contributed by atoms with van der Waals surface area (Å²) < 4.78 is 5.33. The number of hydrogen-bond acceptors (Lipinski definition) is 1. The molecule has 4 rings (SSSR count). The van der Waals surface area contributed by atoms with Crippen molar-refractivity contribution in [1.29, 1.82) is 0 Å². The molecule has 0 bridgehead atoms. The number of ether oxygens (including phenoxy) is 1. The number of H-pyrrole nitrogens is 1. The van der Waals surface area contributed by atoms with Gasteiger partial charge in [-0.15, -0.1) is 0 Å². The molecule has 0 aliphatic carbocycles. The average molecular weight is 329 g/mol. The summed E-state index contributed by atoms with van der Waals surface area (Å²) in [5.41, 5.74) is 7.68. The third kappa shape index (κ3) is 2.68. The molecule has 4 aromatic rings. The van der Waals surface area contributed by atoms with Gasteiger partial charge >= 0.3 is 0 Å². The minimum atomic E-state index is 0.891. The molecule has 2 heteroatoms. The van der Waals surface area contributed by atoms with Crippen molar-refractivity contribution in [3.63, 3.8) is 0 Å². The summed E-state index contributed by atoms with van der Waals surface area (Å²) in [4.78, 5) is 3.60. The molecule has 0 saturated heterocycles. The summed E-state index contributed by atoms with van der Waals surface area (Å²) in [5.74, 6) is 0.891. The van der Waals surface area contributed by atoms with Crippen LogP contribution in [0.3, 0.4) is 0 Å². The molecule has 0 fully saturated rings. The van der Waals surface area contributed by atoms with E-state index in [0.29, 0.717) is 0 Å². The number of fused-ring (bicyclic) bond motifs is 3. The monoisotopic (exact) mass is 329 g/mol. The summed E-state index contributed by atoms with van der Waals surface area (Å²) in [5, 5.41) is 2.62. The molecule has 0 aliphatic rings. The van der Waals surface area contributed by atoms with E-state index in [2.05, 4.69) is 61.3 Å². The zero-order valence-corrected chi connectivity index (χ0v) is 15.0. The second-order valence-electron chi connectivity index (χ2n) is 6.67. The van der Waals surface area contributed by atoms with Gasteiger partial charge in [-0.05, 0) is 59.9 Å². The highest BCUT2D eigenvalue weighted by Gasteiger charge is 2.14. The fourth-order valence-electron chi connectivity index (χ4n) is 3.72. The molecule has 1 N–H and O–H groups in total. The molecule has 25 heavy (non-hydrogen) atoms. The molecule has 2 nitrogen and oxygen atoms in total. The first-order valence-corrected chi connectivity index (χ1v) is 8.89. The van der Waals surface area contributed by atoms with E-state index in [1.807, 2.05) is 12.1 Å². The first-order valence-electron chi connectivity index (χ1n) is 8.89. The van der Waals surface area contributed by atoms with Crippen molar-refractivity contribution in [3.05, 3.63) is 65.7 Å². The van der Waals surface area contributed by atoms with Gasteiger partial charge in [-0.3, -0.25) is 0 Å². The Kier molecular flexibility index (Phi) is 3.96. The quantitative estimate of drug-likeness (QED) is 0.470. The van der Waals surface area contributed by atoms with Gasteiger partial charge in [0.25, 0.3) is 0 Å². The largest absolute Gasteiger partial charge is 0.497 e. The van der Waals surface area contributed by atoms with Gasteiger partial charge in [0, 0.05) is 21.8 Å². The lowest BCUT2D eigenvalue weighted by atomic mass is 9.92. The number of nitrogens with one attached hydrogen (secondary N) is 1. The zero-order valence-electron chi connectivity index (χ0n) is 15.0. The summed E-state index contributed by atoms with van der Waals surface area (Å²) in [6, 6.07) is 19.6. The highest BCUT2D eigenvalue weighted by Crippen LogP contribution is 2.38. The van der Waals surface area contributed by atoms with Crippen LogP contribution in [0.25, 0.3) is 32.9 Å². The fraction of sp³-hybridized carbons (Fsp3) is 0.217. The maximum atomic E-state index is 5.33. The van der Waals surface area contributed by atoms with Crippen molar-refractivity contribution >= 4 is 21.8 Å². The molecule has 0 atom stereocenters. The van der Waals surface area contributed by atoms with E-state index >= 15 is 0 Å². The van der Waals surface area contributed by atoms with Gasteiger partial charge in [-0.25, -0.2) is 0 Å². The van der Waals surface area contributed by atoms with E-state index in [0.717, 1.165) is 18.6 Å². The van der Waals surface area contributed by atoms with E-state index in [9.17, 15) is 0 Å². The van der Waals surface area contributed by atoms with E-state index in [4.69, 9.17) is 4.74 Å². The zero-order chi connectivity index (χ0) is 17.4. The van der Waals surface area contributed by atoms with E-state index in [1.165, 1.54) is 44.1 Å². The highest BCUT2D eigenvalue weighted by atomic mass is 16.5. The van der Waals surface area contributed by atoms with Gasteiger partial charge in [0.1, 0.15) is 5.75 Å². The second-order valence-corrected chi connectivity index (χ2v) is 6.67. The Bertz CT molecular complexity index is 1040. The maximum absolute atomic E-state index is 5.33. The lowest BCUT2D eigenvalue weighted by Crippen LogP contribution is -1.91. The van der Waals surface area contributed by atoms with Crippen LogP contribution in [0.15, 0.2) is 54.6 Å². The minimum Gasteiger partial charge on any atom is -0.497 e. The Balaban J connectivity index is 2.06. The molecule has 1 heterocycles. The molecule has 0 saturated carbocycles. The van der Waals surface area contributed by atoms with Crippen LogP contribution in [0.2, 0.25) is 0 Å². The molecule has 126 valence electrons. The van der Waals surface area contributed by atoms with Crippen LogP contribution in [0, 0.1) is 6.92 Å². The predicted molar refractivity (Wildman–Crippen MR) is 107 cm³/mol. The second kappa shape index (κ2) is 6.29. The van der Waals surface area contributed by atoms with Crippen LogP contribution >= 0.6 is 0 Å². The van der Waals surface area contributed by atoms with Crippen molar-refractivity contribution in [2.75, 3.05) is 7.11 Å². The molecule has 0 amide bonds. The molecule has 0 unspecified atom stereocenters. The van der Waals surface area contributed by atoms with Crippen LogP contribution in [0.5, 0.6) is 5.75 Å². The van der Waals surface area contributed by atoms with E-state index in [1.54, 1.807) is 7.11 Å². The predicted octanol–water partition coefficient (Wildman–Crippen LogP) is 6.26. The molecule has 3 aromatic carbocycles. The normalized spacial score (nSPS) is 11.3. The Hall–Kier alpha value is -2.74. The van der Waals surface area contributed by atoms with Gasteiger partial charge in [0.15, 0.2) is 0 Å². The topological polar surface area (TPSA) is 25.0 Å². The fourth-order valence-corrected chi connectivity index (χ4v) is 3.72. The lowest BCUT2D eigenvalue weighted by Gasteiger charge is -2.12. The average Bonchev–Trinajstić information content (AvgIpc) is 2.99. The smallest absolute Gasteiger partial charge is 0.118 e. The molecular formula is C23H23NO. The van der Waals surface area contributed by atoms with Crippen LogP contribution < -0.4 is 4.74 Å². The SMILES string of the molecule is CCCc1ccc2[nH]c3cc(C)ccc3c2c1-c1ccc(OC)cc1. The van der Waals surface area contributed by atoms with E-state index < -0.39 is 0 Å². The number of hydrogen-bond donors (Lipinski definition) is 1. The summed E-state index contributed by atoms with van der Waals surface area (Å²) >= 11 is 0. The van der Waals surface area contributed by atoms with Gasteiger partial charge in [-0.1, -0.05) is 43.7 Å². The van der Waals surface area contributed by atoms with Gasteiger partial charge < -0.3 is 9.72 Å². The number of benzene rings is 3. The van der Waals surface area contributed by atoms with Crippen molar-refractivity contribution in [3.8, 4) is 16.9 Å². The van der Waals surface area contributed by atoms with E-state index in [-0.39, 0.29) is 0 Å². The molecule has 0 spiro atoms. The van der Waals surface area contributed by atoms with Crippen molar-refractivity contribution in [2.45, 2.75) is 26.7 Å². The number of rotatable bonds is 4. The number of aromatic amines is 1. The maximum Gasteiger partial charge on any atom is 0.118 e. The summed E-state index contributed by atoms with van der Waals surface area (Å²) in [6.07, 6.45) is 2.21. The Morgan fingerprint density at radius 2 is 1.72 bits per heavy atom. The standard InChI is InChI=1S/C23H23NO/c1-4-5-16-9-13-20-23(19-12-6-15(2)14-21(19)24-20)22(16)17-7-10-18(25-3)11-8-17/h6-14,24H,4-5H2,1-3H3.